The quantitative estimate of drug-likeness (QED) is 0.852. The van der Waals surface area contributed by atoms with E-state index in [0.29, 0.717) is 6.04 Å². The van der Waals surface area contributed by atoms with E-state index in [-0.39, 0.29) is 10.0 Å². The Labute approximate surface area is 116 Å². The van der Waals surface area contributed by atoms with Crippen molar-refractivity contribution in [3.05, 3.63) is 28.0 Å². The van der Waals surface area contributed by atoms with Gasteiger partial charge in [0.25, 0.3) is 0 Å². The van der Waals surface area contributed by atoms with Crippen molar-refractivity contribution in [1.29, 1.82) is 0 Å². The molecule has 0 amide bonds. The van der Waals surface area contributed by atoms with Crippen molar-refractivity contribution in [2.45, 2.75) is 31.3 Å². The van der Waals surface area contributed by atoms with Crippen LogP contribution in [0.4, 0.5) is 10.1 Å². The van der Waals surface area contributed by atoms with Gasteiger partial charge in [-0.25, -0.2) is 4.39 Å². The van der Waals surface area contributed by atoms with Crippen LogP contribution in [0.25, 0.3) is 0 Å². The van der Waals surface area contributed by atoms with Gasteiger partial charge in [0, 0.05) is 30.9 Å². The summed E-state index contributed by atoms with van der Waals surface area (Å²) in [4.78, 5) is 2.52. The van der Waals surface area contributed by atoms with Crippen LogP contribution in [0.5, 0.6) is 0 Å². The summed E-state index contributed by atoms with van der Waals surface area (Å²) in [5, 5.41) is 3.53. The molecule has 1 N–H and O–H groups in total. The van der Waals surface area contributed by atoms with Crippen LogP contribution >= 0.6 is 23.2 Å². The van der Waals surface area contributed by atoms with Gasteiger partial charge >= 0.3 is 0 Å². The van der Waals surface area contributed by atoms with E-state index in [1.54, 1.807) is 12.1 Å². The van der Waals surface area contributed by atoms with E-state index in [1.807, 2.05) is 0 Å². The van der Waals surface area contributed by atoms with Crippen LogP contribution in [0, 0.1) is 5.82 Å². The van der Waals surface area contributed by atoms with Gasteiger partial charge < -0.3 is 5.32 Å². The summed E-state index contributed by atoms with van der Waals surface area (Å²) in [6.45, 7) is 2.20. The molecule has 0 radical (unpaired) electrons. The number of nitrogens with zero attached hydrogens (tertiary/aromatic N) is 1. The lowest BCUT2D eigenvalue weighted by molar-refractivity contribution is 0.326. The molecule has 0 aromatic heterocycles. The van der Waals surface area contributed by atoms with Crippen molar-refractivity contribution in [3.63, 3.8) is 0 Å². The highest BCUT2D eigenvalue weighted by Crippen LogP contribution is 2.32. The first-order valence-electron chi connectivity index (χ1n) is 6.28. The van der Waals surface area contributed by atoms with E-state index < -0.39 is 5.82 Å². The minimum atomic E-state index is -0.546. The highest BCUT2D eigenvalue weighted by Gasteiger charge is 2.34. The Hall–Kier alpha value is -0.510. The third kappa shape index (κ3) is 2.58. The Morgan fingerprint density at radius 2 is 1.83 bits per heavy atom. The SMILES string of the molecule is Fc1c(Cl)cc(NC2CCN(C3CC3)C2)cc1Cl. The minimum Gasteiger partial charge on any atom is -0.381 e. The molecule has 2 aliphatic rings. The normalized spacial score (nSPS) is 24.5. The first-order chi connectivity index (χ1) is 8.63. The number of benzene rings is 1. The van der Waals surface area contributed by atoms with Crippen LogP contribution in [0.1, 0.15) is 19.3 Å². The molecule has 2 nitrogen and oxygen atoms in total. The topological polar surface area (TPSA) is 15.3 Å². The van der Waals surface area contributed by atoms with Crippen molar-refractivity contribution < 1.29 is 4.39 Å². The molecular formula is C13H15Cl2FN2. The Balaban J connectivity index is 1.66. The highest BCUT2D eigenvalue weighted by molar-refractivity contribution is 6.35. The monoisotopic (exact) mass is 288 g/mol. The van der Waals surface area contributed by atoms with E-state index >= 15 is 0 Å². The summed E-state index contributed by atoms with van der Waals surface area (Å²) in [6.07, 6.45) is 3.78. The molecule has 98 valence electrons. The maximum absolute atomic E-state index is 13.3. The molecule has 0 bridgehead atoms. The fraction of sp³-hybridized carbons (Fsp3) is 0.538. The van der Waals surface area contributed by atoms with Crippen LogP contribution in [0.3, 0.4) is 0 Å². The number of hydrogen-bond acceptors (Lipinski definition) is 2. The summed E-state index contributed by atoms with van der Waals surface area (Å²) in [5.74, 6) is -0.546. The maximum Gasteiger partial charge on any atom is 0.160 e. The van der Waals surface area contributed by atoms with Crippen molar-refractivity contribution in [1.82, 2.24) is 4.90 Å². The van der Waals surface area contributed by atoms with Crippen LogP contribution in [-0.4, -0.2) is 30.1 Å². The number of likely N-dealkylation sites (tertiary alicyclic amines) is 1. The molecule has 1 saturated heterocycles. The molecule has 1 aromatic rings. The minimum absolute atomic E-state index is 0.0713. The lowest BCUT2D eigenvalue weighted by Gasteiger charge is -2.17. The average molecular weight is 289 g/mol. The molecular weight excluding hydrogens is 274 g/mol. The van der Waals surface area contributed by atoms with Crippen molar-refractivity contribution in [2.24, 2.45) is 0 Å². The first kappa shape index (κ1) is 12.5. The molecule has 1 heterocycles. The van der Waals surface area contributed by atoms with E-state index in [0.717, 1.165) is 31.2 Å². The van der Waals surface area contributed by atoms with Gasteiger partial charge in [0.15, 0.2) is 5.82 Å². The molecule has 0 spiro atoms. The number of hydrogen-bond donors (Lipinski definition) is 1. The second-order valence-electron chi connectivity index (χ2n) is 5.11. The van der Waals surface area contributed by atoms with Crippen molar-refractivity contribution in [2.75, 3.05) is 18.4 Å². The zero-order valence-corrected chi connectivity index (χ0v) is 11.4. The summed E-state index contributed by atoms with van der Waals surface area (Å²) in [7, 11) is 0. The van der Waals surface area contributed by atoms with Crippen LogP contribution in [0.2, 0.25) is 10.0 Å². The Bertz CT molecular complexity index is 439. The standard InChI is InChI=1S/C13H15Cl2FN2/c14-11-5-9(6-12(15)13(11)16)17-8-3-4-18(7-8)10-1-2-10/h5-6,8,10,17H,1-4,7H2. The molecule has 3 rings (SSSR count). The van der Waals surface area contributed by atoms with Gasteiger partial charge in [-0.05, 0) is 31.4 Å². The molecule has 1 aromatic carbocycles. The average Bonchev–Trinajstić information content (AvgIpc) is 3.08. The van der Waals surface area contributed by atoms with Gasteiger partial charge in [-0.1, -0.05) is 23.2 Å². The summed E-state index contributed by atoms with van der Waals surface area (Å²) in [5.41, 5.74) is 0.800. The van der Waals surface area contributed by atoms with Crippen LogP contribution in [0.15, 0.2) is 12.1 Å². The number of halogens is 3. The smallest absolute Gasteiger partial charge is 0.160 e. The molecule has 1 atom stereocenters. The number of nitrogens with one attached hydrogen (secondary N) is 1. The molecule has 5 heteroatoms. The second kappa shape index (κ2) is 4.87. The van der Waals surface area contributed by atoms with Gasteiger partial charge in [-0.3, -0.25) is 4.90 Å². The molecule has 1 unspecified atom stereocenters. The summed E-state index contributed by atoms with van der Waals surface area (Å²) < 4.78 is 13.3. The van der Waals surface area contributed by atoms with Gasteiger partial charge in [-0.15, -0.1) is 0 Å². The van der Waals surface area contributed by atoms with E-state index in [1.165, 1.54) is 12.8 Å². The largest absolute Gasteiger partial charge is 0.381 e. The van der Waals surface area contributed by atoms with E-state index in [2.05, 4.69) is 10.2 Å². The molecule has 1 aliphatic carbocycles. The fourth-order valence-corrected chi connectivity index (χ4v) is 3.04. The summed E-state index contributed by atoms with van der Waals surface area (Å²) >= 11 is 11.6. The Morgan fingerprint density at radius 1 is 1.17 bits per heavy atom. The lowest BCUT2D eigenvalue weighted by atomic mass is 10.2. The second-order valence-corrected chi connectivity index (χ2v) is 5.92. The van der Waals surface area contributed by atoms with Gasteiger partial charge in [-0.2, -0.15) is 0 Å². The highest BCUT2D eigenvalue weighted by atomic mass is 35.5. The number of rotatable bonds is 3. The third-order valence-corrected chi connectivity index (χ3v) is 4.19. The fourth-order valence-electron chi connectivity index (χ4n) is 2.55. The lowest BCUT2D eigenvalue weighted by Crippen LogP contribution is -2.27. The third-order valence-electron chi connectivity index (χ3n) is 3.64. The predicted octanol–water partition coefficient (Wildman–Crippen LogP) is 3.78. The zero-order chi connectivity index (χ0) is 12.7. The zero-order valence-electron chi connectivity index (χ0n) is 9.93. The van der Waals surface area contributed by atoms with Gasteiger partial charge in [0.1, 0.15) is 0 Å². The van der Waals surface area contributed by atoms with Crippen LogP contribution in [-0.2, 0) is 0 Å². The molecule has 18 heavy (non-hydrogen) atoms. The maximum atomic E-state index is 13.3. The Morgan fingerprint density at radius 3 is 2.44 bits per heavy atom. The van der Waals surface area contributed by atoms with Gasteiger partial charge in [0.2, 0.25) is 0 Å². The molecule has 1 aliphatic heterocycles. The van der Waals surface area contributed by atoms with Gasteiger partial charge in [0.05, 0.1) is 10.0 Å². The Kier molecular flexibility index (Phi) is 3.39. The molecule has 1 saturated carbocycles. The first-order valence-corrected chi connectivity index (χ1v) is 7.04. The van der Waals surface area contributed by atoms with E-state index in [4.69, 9.17) is 23.2 Å². The number of anilines is 1. The molecule has 2 fully saturated rings. The predicted molar refractivity (Wildman–Crippen MR) is 73.0 cm³/mol. The van der Waals surface area contributed by atoms with Crippen LogP contribution < -0.4 is 5.32 Å². The van der Waals surface area contributed by atoms with Crippen molar-refractivity contribution >= 4 is 28.9 Å². The van der Waals surface area contributed by atoms with E-state index in [9.17, 15) is 4.39 Å². The van der Waals surface area contributed by atoms with Crippen molar-refractivity contribution in [3.8, 4) is 0 Å². The summed E-state index contributed by atoms with van der Waals surface area (Å²) in [6, 6.07) is 4.41.